The summed E-state index contributed by atoms with van der Waals surface area (Å²) >= 11 is 0. The fourth-order valence-corrected chi connectivity index (χ4v) is 3.95. The third-order valence-corrected chi connectivity index (χ3v) is 5.45. The van der Waals surface area contributed by atoms with E-state index in [2.05, 4.69) is 21.9 Å². The molecule has 1 aliphatic rings. The summed E-state index contributed by atoms with van der Waals surface area (Å²) in [5, 5.41) is 2.88. The summed E-state index contributed by atoms with van der Waals surface area (Å²) in [6.07, 6.45) is 6.88. The van der Waals surface area contributed by atoms with Crippen LogP contribution in [0, 0.1) is 5.92 Å². The van der Waals surface area contributed by atoms with E-state index in [0.29, 0.717) is 11.7 Å². The average molecular weight is 297 g/mol. The molecule has 2 N–H and O–H groups in total. The van der Waals surface area contributed by atoms with Gasteiger partial charge in [0.2, 0.25) is 10.0 Å². The van der Waals surface area contributed by atoms with Gasteiger partial charge in [-0.15, -0.1) is 0 Å². The predicted molar refractivity (Wildman–Crippen MR) is 80.1 cm³/mol. The molecule has 0 amide bonds. The predicted octanol–water partition coefficient (Wildman–Crippen LogP) is 2.37. The van der Waals surface area contributed by atoms with Crippen LogP contribution in [-0.2, 0) is 10.0 Å². The molecule has 112 valence electrons. The molecule has 1 aromatic heterocycles. The first-order valence-corrected chi connectivity index (χ1v) is 8.67. The van der Waals surface area contributed by atoms with Gasteiger partial charge in [-0.25, -0.2) is 18.1 Å². The van der Waals surface area contributed by atoms with Crippen LogP contribution >= 0.6 is 0 Å². The van der Waals surface area contributed by atoms with Gasteiger partial charge in [0.05, 0.1) is 0 Å². The van der Waals surface area contributed by atoms with Crippen molar-refractivity contribution >= 4 is 15.8 Å². The van der Waals surface area contributed by atoms with E-state index in [1.807, 2.05) is 0 Å². The Morgan fingerprint density at radius 3 is 2.60 bits per heavy atom. The van der Waals surface area contributed by atoms with Crippen LogP contribution in [0.2, 0.25) is 0 Å². The molecular weight excluding hydrogens is 274 g/mol. The first-order chi connectivity index (χ1) is 9.53. The van der Waals surface area contributed by atoms with Crippen molar-refractivity contribution < 1.29 is 8.42 Å². The third kappa shape index (κ3) is 3.70. The van der Waals surface area contributed by atoms with E-state index in [1.54, 1.807) is 19.2 Å². The summed E-state index contributed by atoms with van der Waals surface area (Å²) in [5.41, 5.74) is 0. The van der Waals surface area contributed by atoms with Crippen LogP contribution in [0.5, 0.6) is 0 Å². The van der Waals surface area contributed by atoms with Gasteiger partial charge < -0.3 is 5.32 Å². The molecule has 0 saturated heterocycles. The molecule has 1 fully saturated rings. The topological polar surface area (TPSA) is 71.1 Å². The lowest BCUT2D eigenvalue weighted by Crippen LogP contribution is -2.38. The maximum absolute atomic E-state index is 12.4. The molecule has 20 heavy (non-hydrogen) atoms. The maximum Gasteiger partial charge on any atom is 0.242 e. The average Bonchev–Trinajstić information content (AvgIpc) is 2.64. The minimum absolute atomic E-state index is 0.0338. The molecule has 1 aliphatic carbocycles. The smallest absolute Gasteiger partial charge is 0.242 e. The normalized spacial score (nSPS) is 24.1. The lowest BCUT2D eigenvalue weighted by atomic mass is 9.98. The molecule has 2 atom stereocenters. The van der Waals surface area contributed by atoms with Crippen LogP contribution in [0.25, 0.3) is 0 Å². The number of sulfonamides is 1. The van der Waals surface area contributed by atoms with Gasteiger partial charge in [0, 0.05) is 19.3 Å². The van der Waals surface area contributed by atoms with E-state index in [1.165, 1.54) is 19.0 Å². The van der Waals surface area contributed by atoms with Gasteiger partial charge in [0.1, 0.15) is 10.7 Å². The van der Waals surface area contributed by atoms with E-state index >= 15 is 0 Å². The quantitative estimate of drug-likeness (QED) is 0.837. The van der Waals surface area contributed by atoms with Gasteiger partial charge in [-0.1, -0.05) is 26.2 Å². The van der Waals surface area contributed by atoms with E-state index < -0.39 is 10.0 Å². The Morgan fingerprint density at radius 1 is 1.20 bits per heavy atom. The number of nitrogens with one attached hydrogen (secondary N) is 2. The SMILES string of the molecule is CNc1ccc(S(=O)(=O)NC2CCCCCC2C)cn1. The third-order valence-electron chi connectivity index (χ3n) is 3.97. The van der Waals surface area contributed by atoms with Crippen LogP contribution in [-0.4, -0.2) is 26.5 Å². The monoisotopic (exact) mass is 297 g/mol. The Hall–Kier alpha value is -1.14. The lowest BCUT2D eigenvalue weighted by Gasteiger charge is -2.22. The molecule has 1 aromatic rings. The van der Waals surface area contributed by atoms with Gasteiger partial charge >= 0.3 is 0 Å². The Bertz CT molecular complexity index is 528. The molecule has 0 aliphatic heterocycles. The van der Waals surface area contributed by atoms with Crippen molar-refractivity contribution in [3.05, 3.63) is 18.3 Å². The summed E-state index contributed by atoms with van der Waals surface area (Å²) in [7, 11) is -1.72. The summed E-state index contributed by atoms with van der Waals surface area (Å²) in [5.74, 6) is 1.05. The lowest BCUT2D eigenvalue weighted by molar-refractivity contribution is 0.399. The zero-order chi connectivity index (χ0) is 14.6. The van der Waals surface area contributed by atoms with Crippen molar-refractivity contribution in [2.45, 2.75) is 50.0 Å². The minimum atomic E-state index is -3.47. The number of anilines is 1. The van der Waals surface area contributed by atoms with Crippen molar-refractivity contribution in [2.75, 3.05) is 12.4 Å². The molecule has 0 aromatic carbocycles. The number of hydrogen-bond acceptors (Lipinski definition) is 4. The summed E-state index contributed by atoms with van der Waals surface area (Å²) in [6, 6.07) is 3.29. The highest BCUT2D eigenvalue weighted by atomic mass is 32.2. The van der Waals surface area contributed by atoms with Crippen molar-refractivity contribution in [1.29, 1.82) is 0 Å². The summed E-state index contributed by atoms with van der Waals surface area (Å²) in [4.78, 5) is 4.29. The maximum atomic E-state index is 12.4. The van der Waals surface area contributed by atoms with Crippen molar-refractivity contribution in [1.82, 2.24) is 9.71 Å². The summed E-state index contributed by atoms with van der Waals surface area (Å²) in [6.45, 7) is 2.13. The second-order valence-corrected chi connectivity index (χ2v) is 7.19. The van der Waals surface area contributed by atoms with Gasteiger partial charge in [-0.05, 0) is 30.9 Å². The van der Waals surface area contributed by atoms with Crippen LogP contribution in [0.1, 0.15) is 39.0 Å². The Morgan fingerprint density at radius 2 is 1.95 bits per heavy atom. The first kappa shape index (κ1) is 15.3. The molecule has 2 unspecified atom stereocenters. The molecule has 0 radical (unpaired) electrons. The fraction of sp³-hybridized carbons (Fsp3) is 0.643. The second-order valence-electron chi connectivity index (χ2n) is 5.47. The second kappa shape index (κ2) is 6.54. The molecule has 1 heterocycles. The van der Waals surface area contributed by atoms with Crippen molar-refractivity contribution in [2.24, 2.45) is 5.92 Å². The van der Waals surface area contributed by atoms with Gasteiger partial charge in [-0.3, -0.25) is 0 Å². The number of aromatic nitrogens is 1. The number of rotatable bonds is 4. The molecule has 5 nitrogen and oxygen atoms in total. The molecule has 0 spiro atoms. The van der Waals surface area contributed by atoms with Crippen molar-refractivity contribution in [3.63, 3.8) is 0 Å². The number of pyridine rings is 1. The highest BCUT2D eigenvalue weighted by Crippen LogP contribution is 2.24. The number of nitrogens with zero attached hydrogens (tertiary/aromatic N) is 1. The van der Waals surface area contributed by atoms with Crippen LogP contribution in [0.3, 0.4) is 0 Å². The molecule has 6 heteroatoms. The Balaban J connectivity index is 2.12. The standard InChI is InChI=1S/C14H23N3O2S/c1-11-6-4-3-5-7-13(11)17-20(18,19)12-8-9-14(15-2)16-10-12/h8-11,13,17H,3-7H2,1-2H3,(H,15,16). The highest BCUT2D eigenvalue weighted by Gasteiger charge is 2.25. The molecule has 1 saturated carbocycles. The van der Waals surface area contributed by atoms with E-state index in [9.17, 15) is 8.42 Å². The van der Waals surface area contributed by atoms with Crippen LogP contribution in [0.15, 0.2) is 23.2 Å². The number of hydrogen-bond donors (Lipinski definition) is 2. The largest absolute Gasteiger partial charge is 0.373 e. The Kier molecular flexibility index (Phi) is 4.99. The molecule has 2 rings (SSSR count). The highest BCUT2D eigenvalue weighted by molar-refractivity contribution is 7.89. The van der Waals surface area contributed by atoms with Crippen LogP contribution < -0.4 is 10.0 Å². The molecule has 0 bridgehead atoms. The zero-order valence-electron chi connectivity index (χ0n) is 12.1. The fourth-order valence-electron chi connectivity index (χ4n) is 2.62. The van der Waals surface area contributed by atoms with Gasteiger partial charge in [0.25, 0.3) is 0 Å². The van der Waals surface area contributed by atoms with E-state index in [0.717, 1.165) is 19.3 Å². The Labute approximate surface area is 121 Å². The van der Waals surface area contributed by atoms with Crippen molar-refractivity contribution in [3.8, 4) is 0 Å². The van der Waals surface area contributed by atoms with Gasteiger partial charge in [-0.2, -0.15) is 0 Å². The minimum Gasteiger partial charge on any atom is -0.373 e. The zero-order valence-corrected chi connectivity index (χ0v) is 12.9. The molecular formula is C14H23N3O2S. The van der Waals surface area contributed by atoms with Crippen LogP contribution in [0.4, 0.5) is 5.82 Å². The first-order valence-electron chi connectivity index (χ1n) is 7.19. The summed E-state index contributed by atoms with van der Waals surface area (Å²) < 4.78 is 27.6. The van der Waals surface area contributed by atoms with E-state index in [4.69, 9.17) is 0 Å². The van der Waals surface area contributed by atoms with E-state index in [-0.39, 0.29) is 10.9 Å². The van der Waals surface area contributed by atoms with Gasteiger partial charge in [0.15, 0.2) is 0 Å².